The first-order valence-electron chi connectivity index (χ1n) is 11.9. The normalized spacial score (nSPS) is 16.9. The standard InChI is InChI=1S/C26H32N4O2/c1-3-29-21-15-11-13-19-25(21)27-20-14-12-16-22(26(20)28-19)30(4-2)24(32)18-10-8-6-5-7-9-17-23(29)31/h11-16H,3-10,17-18H2,1-2H3. The smallest absolute Gasteiger partial charge is 0.227 e. The number of nitrogens with zero attached hydrogens (tertiary/aromatic N) is 4. The fraction of sp³-hybridized carbons (Fsp3) is 0.462. The van der Waals surface area contributed by atoms with E-state index in [0.717, 1.165) is 72.0 Å². The fourth-order valence-corrected chi connectivity index (χ4v) is 4.62. The SMILES string of the molecule is CCN1C(=O)CCCCCCCCC(=O)N(CC)c2cccc3nc4c1cccc4nc23. The number of carbonyl (C=O) groups is 2. The summed E-state index contributed by atoms with van der Waals surface area (Å²) in [5.74, 6) is 0.277. The van der Waals surface area contributed by atoms with E-state index in [0.29, 0.717) is 25.9 Å². The zero-order valence-electron chi connectivity index (χ0n) is 19.1. The van der Waals surface area contributed by atoms with E-state index in [1.165, 1.54) is 0 Å². The number of hydrogen-bond donors (Lipinski definition) is 0. The highest BCUT2D eigenvalue weighted by molar-refractivity contribution is 6.06. The van der Waals surface area contributed by atoms with Gasteiger partial charge in [0.25, 0.3) is 0 Å². The van der Waals surface area contributed by atoms with Crippen LogP contribution in [0.1, 0.15) is 65.2 Å². The Morgan fingerprint density at radius 2 is 1.06 bits per heavy atom. The quantitative estimate of drug-likeness (QED) is 0.493. The second-order valence-electron chi connectivity index (χ2n) is 8.41. The van der Waals surface area contributed by atoms with Crippen molar-refractivity contribution in [2.24, 2.45) is 0 Å². The van der Waals surface area contributed by atoms with Crippen molar-refractivity contribution in [3.05, 3.63) is 36.4 Å². The zero-order chi connectivity index (χ0) is 22.5. The van der Waals surface area contributed by atoms with Gasteiger partial charge in [0.1, 0.15) is 11.0 Å². The monoisotopic (exact) mass is 432 g/mol. The van der Waals surface area contributed by atoms with E-state index in [-0.39, 0.29) is 11.8 Å². The molecule has 2 aromatic carbocycles. The molecular weight excluding hydrogens is 400 g/mol. The van der Waals surface area contributed by atoms with Gasteiger partial charge in [-0.3, -0.25) is 9.59 Å². The lowest BCUT2D eigenvalue weighted by Gasteiger charge is -2.24. The van der Waals surface area contributed by atoms with Gasteiger partial charge in [-0.1, -0.05) is 37.8 Å². The molecule has 32 heavy (non-hydrogen) atoms. The maximum atomic E-state index is 13.0. The van der Waals surface area contributed by atoms with E-state index in [9.17, 15) is 9.59 Å². The molecule has 2 aliphatic rings. The lowest BCUT2D eigenvalue weighted by Crippen LogP contribution is -2.31. The summed E-state index contributed by atoms with van der Waals surface area (Å²) in [7, 11) is 0. The first-order chi connectivity index (χ1) is 15.6. The van der Waals surface area contributed by atoms with Gasteiger partial charge in [0, 0.05) is 25.9 Å². The molecule has 6 bridgehead atoms. The Hall–Kier alpha value is -3.02. The number of rotatable bonds is 2. The van der Waals surface area contributed by atoms with Crippen molar-refractivity contribution in [1.29, 1.82) is 0 Å². The summed E-state index contributed by atoms with van der Waals surface area (Å²) in [6.07, 6.45) is 7.15. The van der Waals surface area contributed by atoms with E-state index in [4.69, 9.17) is 9.97 Å². The summed E-state index contributed by atoms with van der Waals surface area (Å²) in [5.41, 5.74) is 4.53. The van der Waals surface area contributed by atoms with Crippen molar-refractivity contribution >= 4 is 45.3 Å². The van der Waals surface area contributed by atoms with Crippen LogP contribution < -0.4 is 9.80 Å². The van der Waals surface area contributed by atoms with Gasteiger partial charge < -0.3 is 9.80 Å². The molecule has 6 nitrogen and oxygen atoms in total. The fourth-order valence-electron chi connectivity index (χ4n) is 4.62. The molecule has 0 saturated carbocycles. The summed E-state index contributed by atoms with van der Waals surface area (Å²) in [6.45, 7) is 5.19. The van der Waals surface area contributed by atoms with Crippen LogP contribution in [0.4, 0.5) is 11.4 Å². The number of para-hydroxylation sites is 2. The van der Waals surface area contributed by atoms with Crippen LogP contribution in [0.25, 0.3) is 22.1 Å². The molecule has 0 spiro atoms. The third-order valence-corrected chi connectivity index (χ3v) is 6.30. The Morgan fingerprint density at radius 3 is 1.47 bits per heavy atom. The van der Waals surface area contributed by atoms with Gasteiger partial charge in [-0.15, -0.1) is 0 Å². The molecule has 0 radical (unpaired) electrons. The molecule has 0 atom stereocenters. The molecule has 1 aromatic heterocycles. The molecule has 0 N–H and O–H groups in total. The Balaban J connectivity index is 1.87. The summed E-state index contributed by atoms with van der Waals surface area (Å²) in [5, 5.41) is 0. The second-order valence-corrected chi connectivity index (χ2v) is 8.41. The molecule has 0 unspecified atom stereocenters. The minimum absolute atomic E-state index is 0.138. The highest BCUT2D eigenvalue weighted by atomic mass is 16.2. The first kappa shape index (κ1) is 22.2. The van der Waals surface area contributed by atoms with Gasteiger partial charge in [0.05, 0.1) is 22.4 Å². The third-order valence-electron chi connectivity index (χ3n) is 6.30. The van der Waals surface area contributed by atoms with Gasteiger partial charge in [0.2, 0.25) is 11.8 Å². The molecular formula is C26H32N4O2. The minimum atomic E-state index is 0.138. The van der Waals surface area contributed by atoms with Crippen LogP contribution in [0.2, 0.25) is 0 Å². The largest absolute Gasteiger partial charge is 0.311 e. The van der Waals surface area contributed by atoms with Crippen molar-refractivity contribution < 1.29 is 9.59 Å². The predicted molar refractivity (Wildman–Crippen MR) is 130 cm³/mol. The van der Waals surface area contributed by atoms with E-state index in [1.54, 1.807) is 0 Å². The summed E-state index contributed by atoms with van der Waals surface area (Å²) < 4.78 is 0. The van der Waals surface area contributed by atoms with Crippen LogP contribution in [0.3, 0.4) is 0 Å². The van der Waals surface area contributed by atoms with Crippen molar-refractivity contribution in [2.45, 2.75) is 65.2 Å². The Labute approximate surface area is 189 Å². The van der Waals surface area contributed by atoms with Crippen LogP contribution >= 0.6 is 0 Å². The summed E-state index contributed by atoms with van der Waals surface area (Å²) in [6, 6.07) is 11.6. The number of benzene rings is 2. The minimum Gasteiger partial charge on any atom is -0.311 e. The van der Waals surface area contributed by atoms with Gasteiger partial charge in [0.15, 0.2) is 0 Å². The second kappa shape index (κ2) is 10.1. The number of carbonyl (C=O) groups excluding carboxylic acids is 2. The molecule has 168 valence electrons. The van der Waals surface area contributed by atoms with Crippen LogP contribution in [0.15, 0.2) is 36.4 Å². The zero-order valence-corrected chi connectivity index (χ0v) is 19.1. The molecule has 5 rings (SSSR count). The topological polar surface area (TPSA) is 66.4 Å². The molecule has 0 aliphatic carbocycles. The van der Waals surface area contributed by atoms with E-state index >= 15 is 0 Å². The lowest BCUT2D eigenvalue weighted by atomic mass is 10.1. The lowest BCUT2D eigenvalue weighted by molar-refractivity contribution is -0.119. The molecule has 2 aliphatic heterocycles. The van der Waals surface area contributed by atoms with Crippen LogP contribution in [0.5, 0.6) is 0 Å². The van der Waals surface area contributed by atoms with Crippen LogP contribution in [-0.2, 0) is 9.59 Å². The number of anilines is 2. The average Bonchev–Trinajstić information content (AvgIpc) is 2.80. The molecule has 6 heteroatoms. The number of hydrogen-bond acceptors (Lipinski definition) is 4. The van der Waals surface area contributed by atoms with Crippen LogP contribution in [0, 0.1) is 0 Å². The van der Waals surface area contributed by atoms with Gasteiger partial charge in [-0.05, 0) is 51.0 Å². The van der Waals surface area contributed by atoms with Gasteiger partial charge in [-0.2, -0.15) is 0 Å². The number of amides is 2. The van der Waals surface area contributed by atoms with E-state index in [2.05, 4.69) is 0 Å². The Kier molecular flexibility index (Phi) is 6.98. The number of aromatic nitrogens is 2. The molecule has 2 amide bonds. The molecule has 0 fully saturated rings. The maximum absolute atomic E-state index is 13.0. The van der Waals surface area contributed by atoms with Crippen molar-refractivity contribution in [2.75, 3.05) is 22.9 Å². The predicted octanol–water partition coefficient (Wildman–Crippen LogP) is 5.62. The molecule has 3 aromatic rings. The third kappa shape index (κ3) is 4.45. The maximum Gasteiger partial charge on any atom is 0.227 e. The Morgan fingerprint density at radius 1 is 0.656 bits per heavy atom. The average molecular weight is 433 g/mol. The summed E-state index contributed by atoms with van der Waals surface area (Å²) in [4.78, 5) is 39.6. The summed E-state index contributed by atoms with van der Waals surface area (Å²) >= 11 is 0. The van der Waals surface area contributed by atoms with Crippen LogP contribution in [-0.4, -0.2) is 34.9 Å². The molecule has 0 saturated heterocycles. The van der Waals surface area contributed by atoms with Crippen molar-refractivity contribution in [3.63, 3.8) is 0 Å². The Bertz CT molecular complexity index is 1040. The molecule has 3 heterocycles. The van der Waals surface area contributed by atoms with E-state index in [1.807, 2.05) is 60.0 Å². The van der Waals surface area contributed by atoms with Crippen molar-refractivity contribution in [1.82, 2.24) is 9.97 Å². The highest BCUT2D eigenvalue weighted by Crippen LogP contribution is 2.31. The highest BCUT2D eigenvalue weighted by Gasteiger charge is 2.21. The number of fused-ring (bicyclic) bond motifs is 11. The van der Waals surface area contributed by atoms with Gasteiger partial charge >= 0.3 is 0 Å². The first-order valence-corrected chi connectivity index (χ1v) is 11.9. The van der Waals surface area contributed by atoms with E-state index < -0.39 is 0 Å². The van der Waals surface area contributed by atoms with Crippen molar-refractivity contribution in [3.8, 4) is 0 Å². The van der Waals surface area contributed by atoms with Gasteiger partial charge in [-0.25, -0.2) is 9.97 Å².